The van der Waals surface area contributed by atoms with Gasteiger partial charge in [0, 0.05) is 45.7 Å². The minimum absolute atomic E-state index is 0.0246. The molecule has 1 aliphatic rings. The number of anilines is 1. The van der Waals surface area contributed by atoms with Crippen LogP contribution in [0.15, 0.2) is 34.9 Å². The number of aromatic nitrogens is 1. The summed E-state index contributed by atoms with van der Waals surface area (Å²) in [6, 6.07) is 8.21. The second-order valence-electron chi connectivity index (χ2n) is 8.59. The SMILES string of the molecule is COCCN(C(=O)CCC(=O)Nc1cc(C)on1)C(C(=O)NCC1CCCO1)c1ccccc1C. The summed E-state index contributed by atoms with van der Waals surface area (Å²) in [5, 5.41) is 9.31. The molecule has 3 rings (SSSR count). The van der Waals surface area contributed by atoms with Gasteiger partial charge < -0.3 is 29.5 Å². The molecule has 10 nitrogen and oxygen atoms in total. The fourth-order valence-electron chi connectivity index (χ4n) is 4.04. The van der Waals surface area contributed by atoms with Crippen molar-refractivity contribution in [2.24, 2.45) is 0 Å². The number of ether oxygens (including phenoxy) is 2. The molecule has 3 amide bonds. The van der Waals surface area contributed by atoms with Crippen molar-refractivity contribution in [2.75, 3.05) is 38.7 Å². The van der Waals surface area contributed by atoms with E-state index in [2.05, 4.69) is 15.8 Å². The van der Waals surface area contributed by atoms with E-state index in [1.165, 1.54) is 12.0 Å². The van der Waals surface area contributed by atoms with Gasteiger partial charge in [0.15, 0.2) is 5.82 Å². The van der Waals surface area contributed by atoms with Crippen LogP contribution in [0.25, 0.3) is 0 Å². The zero-order valence-electron chi connectivity index (χ0n) is 20.5. The van der Waals surface area contributed by atoms with Crippen LogP contribution < -0.4 is 10.6 Å². The predicted octanol–water partition coefficient (Wildman–Crippen LogP) is 2.52. The number of carbonyl (C=O) groups excluding carboxylic acids is 3. The normalized spacial score (nSPS) is 16.0. The van der Waals surface area contributed by atoms with Crippen molar-refractivity contribution in [3.8, 4) is 0 Å². The highest BCUT2D eigenvalue weighted by atomic mass is 16.5. The van der Waals surface area contributed by atoms with E-state index in [1.54, 1.807) is 13.0 Å². The van der Waals surface area contributed by atoms with Gasteiger partial charge in [0.05, 0.1) is 12.7 Å². The van der Waals surface area contributed by atoms with Crippen molar-refractivity contribution < 1.29 is 28.4 Å². The van der Waals surface area contributed by atoms with Gasteiger partial charge in [-0.15, -0.1) is 0 Å². The maximum Gasteiger partial charge on any atom is 0.247 e. The van der Waals surface area contributed by atoms with Gasteiger partial charge >= 0.3 is 0 Å². The Labute approximate surface area is 205 Å². The smallest absolute Gasteiger partial charge is 0.247 e. The predicted molar refractivity (Wildman–Crippen MR) is 129 cm³/mol. The highest BCUT2D eigenvalue weighted by molar-refractivity contribution is 5.94. The summed E-state index contributed by atoms with van der Waals surface area (Å²) < 4.78 is 15.8. The molecule has 35 heavy (non-hydrogen) atoms. The Morgan fingerprint density at radius 2 is 2.03 bits per heavy atom. The van der Waals surface area contributed by atoms with Crippen molar-refractivity contribution in [3.05, 3.63) is 47.2 Å². The number of amides is 3. The molecule has 1 fully saturated rings. The van der Waals surface area contributed by atoms with E-state index in [-0.39, 0.29) is 49.8 Å². The first-order chi connectivity index (χ1) is 16.9. The Morgan fingerprint density at radius 1 is 1.23 bits per heavy atom. The zero-order chi connectivity index (χ0) is 25.2. The second-order valence-corrected chi connectivity index (χ2v) is 8.59. The van der Waals surface area contributed by atoms with Gasteiger partial charge in [-0.1, -0.05) is 29.4 Å². The summed E-state index contributed by atoms with van der Waals surface area (Å²) in [5.74, 6) is -0.121. The van der Waals surface area contributed by atoms with Gasteiger partial charge in [-0.25, -0.2) is 0 Å². The molecule has 0 aliphatic carbocycles. The van der Waals surface area contributed by atoms with E-state index in [4.69, 9.17) is 14.0 Å². The van der Waals surface area contributed by atoms with Crippen LogP contribution in [0.2, 0.25) is 0 Å². The van der Waals surface area contributed by atoms with Crippen LogP contribution in [0.3, 0.4) is 0 Å². The Kier molecular flexibility index (Phi) is 9.80. The molecule has 2 unspecified atom stereocenters. The fourth-order valence-corrected chi connectivity index (χ4v) is 4.04. The number of methoxy groups -OCH3 is 1. The second kappa shape index (κ2) is 13.0. The molecule has 0 bridgehead atoms. The number of aryl methyl sites for hydroxylation is 2. The van der Waals surface area contributed by atoms with E-state index in [0.717, 1.165) is 24.0 Å². The van der Waals surface area contributed by atoms with Crippen LogP contribution in [-0.4, -0.2) is 67.3 Å². The third-order valence-corrected chi connectivity index (χ3v) is 5.89. The molecular weight excluding hydrogens is 452 g/mol. The lowest BCUT2D eigenvalue weighted by Crippen LogP contribution is -2.46. The minimum atomic E-state index is -0.860. The summed E-state index contributed by atoms with van der Waals surface area (Å²) in [5.41, 5.74) is 1.61. The number of carbonyl (C=O) groups is 3. The van der Waals surface area contributed by atoms with E-state index >= 15 is 0 Å². The van der Waals surface area contributed by atoms with Gasteiger partial charge in [-0.05, 0) is 37.8 Å². The van der Waals surface area contributed by atoms with Gasteiger partial charge in [-0.3, -0.25) is 14.4 Å². The Hall–Kier alpha value is -3.24. The van der Waals surface area contributed by atoms with Crippen molar-refractivity contribution in [2.45, 2.75) is 51.7 Å². The molecule has 190 valence electrons. The van der Waals surface area contributed by atoms with Crippen molar-refractivity contribution >= 4 is 23.5 Å². The highest BCUT2D eigenvalue weighted by Gasteiger charge is 2.33. The van der Waals surface area contributed by atoms with Crippen LogP contribution in [0.5, 0.6) is 0 Å². The van der Waals surface area contributed by atoms with E-state index < -0.39 is 6.04 Å². The molecule has 1 saturated heterocycles. The fraction of sp³-hybridized carbons (Fsp3) is 0.520. The van der Waals surface area contributed by atoms with Crippen LogP contribution in [0.1, 0.15) is 48.6 Å². The highest BCUT2D eigenvalue weighted by Crippen LogP contribution is 2.26. The number of nitrogens with one attached hydrogen (secondary N) is 2. The van der Waals surface area contributed by atoms with Crippen molar-refractivity contribution in [1.29, 1.82) is 0 Å². The van der Waals surface area contributed by atoms with Crippen molar-refractivity contribution in [1.82, 2.24) is 15.4 Å². The van der Waals surface area contributed by atoms with E-state index in [1.807, 2.05) is 31.2 Å². The number of hydrogen-bond donors (Lipinski definition) is 2. The molecule has 2 N–H and O–H groups in total. The largest absolute Gasteiger partial charge is 0.383 e. The van der Waals surface area contributed by atoms with Crippen LogP contribution >= 0.6 is 0 Å². The first-order valence-electron chi connectivity index (χ1n) is 11.9. The Balaban J connectivity index is 1.75. The van der Waals surface area contributed by atoms with Crippen molar-refractivity contribution in [3.63, 3.8) is 0 Å². The standard InChI is InChI=1S/C25H34N4O6/c1-17-7-4-5-9-20(17)24(25(32)26-16-19-8-6-13-34-19)29(12-14-33-3)23(31)11-10-22(30)27-21-15-18(2)35-28-21/h4-5,7,9,15,19,24H,6,8,10-14,16H2,1-3H3,(H,26,32)(H,27,28,30). The molecular formula is C25H34N4O6. The summed E-state index contributed by atoms with van der Waals surface area (Å²) in [4.78, 5) is 40.6. The molecule has 1 aromatic carbocycles. The third kappa shape index (κ3) is 7.63. The molecule has 1 aliphatic heterocycles. The first-order valence-corrected chi connectivity index (χ1v) is 11.9. The number of hydrogen-bond acceptors (Lipinski definition) is 7. The molecule has 2 aromatic rings. The first kappa shape index (κ1) is 26.4. The molecule has 0 radical (unpaired) electrons. The summed E-state index contributed by atoms with van der Waals surface area (Å²) >= 11 is 0. The summed E-state index contributed by atoms with van der Waals surface area (Å²) in [7, 11) is 1.54. The minimum Gasteiger partial charge on any atom is -0.383 e. The maximum atomic E-state index is 13.4. The molecule has 10 heteroatoms. The van der Waals surface area contributed by atoms with E-state index in [9.17, 15) is 14.4 Å². The quantitative estimate of drug-likeness (QED) is 0.473. The molecule has 0 spiro atoms. The lowest BCUT2D eigenvalue weighted by molar-refractivity contribution is -0.142. The molecule has 2 atom stereocenters. The zero-order valence-corrected chi connectivity index (χ0v) is 20.5. The van der Waals surface area contributed by atoms with Gasteiger partial charge in [0.1, 0.15) is 11.8 Å². The molecule has 2 heterocycles. The lowest BCUT2D eigenvalue weighted by atomic mass is 9.98. The monoisotopic (exact) mass is 486 g/mol. The van der Waals surface area contributed by atoms with Crippen LogP contribution in [0, 0.1) is 13.8 Å². The lowest BCUT2D eigenvalue weighted by Gasteiger charge is -2.32. The third-order valence-electron chi connectivity index (χ3n) is 5.89. The average molecular weight is 487 g/mol. The Morgan fingerprint density at radius 3 is 2.69 bits per heavy atom. The average Bonchev–Trinajstić information content (AvgIpc) is 3.51. The van der Waals surface area contributed by atoms with Gasteiger partial charge in [0.25, 0.3) is 0 Å². The van der Waals surface area contributed by atoms with Gasteiger partial charge in [-0.2, -0.15) is 0 Å². The number of benzene rings is 1. The number of rotatable bonds is 12. The summed E-state index contributed by atoms with van der Waals surface area (Å²) in [6.07, 6.45) is 1.70. The number of nitrogens with zero attached hydrogens (tertiary/aromatic N) is 2. The summed E-state index contributed by atoms with van der Waals surface area (Å²) in [6.45, 7) is 5.14. The van der Waals surface area contributed by atoms with Gasteiger partial charge in [0.2, 0.25) is 17.7 Å². The maximum absolute atomic E-state index is 13.4. The molecule has 0 saturated carbocycles. The van der Waals surface area contributed by atoms with E-state index in [0.29, 0.717) is 24.7 Å². The van der Waals surface area contributed by atoms with Crippen LogP contribution in [-0.2, 0) is 23.9 Å². The topological polar surface area (TPSA) is 123 Å². The van der Waals surface area contributed by atoms with Crippen LogP contribution in [0.4, 0.5) is 5.82 Å². The Bertz CT molecular complexity index is 1000. The molecule has 1 aromatic heterocycles.